The number of hydrogen-bond donors (Lipinski definition) is 0. The zero-order valence-electron chi connectivity index (χ0n) is 16.4. The number of piperidine rings is 1. The summed E-state index contributed by atoms with van der Waals surface area (Å²) in [4.78, 5) is 2.66. The molecular weight excluding hydrogens is 347 g/mol. The van der Waals surface area contributed by atoms with E-state index in [4.69, 9.17) is 5.26 Å². The van der Waals surface area contributed by atoms with E-state index in [1.165, 1.54) is 75.2 Å². The fourth-order valence-corrected chi connectivity index (χ4v) is 5.40. The predicted octanol–water partition coefficient (Wildman–Crippen LogP) is 6.01. The summed E-state index contributed by atoms with van der Waals surface area (Å²) in [5.74, 6) is 0.183. The van der Waals surface area contributed by atoms with Crippen LogP contribution in [-0.2, 0) is 6.54 Å². The third kappa shape index (κ3) is 3.25. The van der Waals surface area contributed by atoms with Gasteiger partial charge in [-0.25, -0.2) is 4.39 Å². The summed E-state index contributed by atoms with van der Waals surface area (Å²) >= 11 is 0. The van der Waals surface area contributed by atoms with Crippen LogP contribution in [0.4, 0.5) is 4.39 Å². The average Bonchev–Trinajstić information content (AvgIpc) is 3.52. The number of benzene rings is 2. The van der Waals surface area contributed by atoms with Gasteiger partial charge in [0.15, 0.2) is 0 Å². The van der Waals surface area contributed by atoms with Crippen molar-refractivity contribution in [2.75, 3.05) is 13.1 Å². The zero-order valence-corrected chi connectivity index (χ0v) is 16.4. The molecule has 1 aliphatic heterocycles. The van der Waals surface area contributed by atoms with Crippen molar-refractivity contribution >= 4 is 0 Å². The maximum atomic E-state index is 14.3. The van der Waals surface area contributed by atoms with Crippen LogP contribution in [0.25, 0.3) is 11.1 Å². The molecule has 0 N–H and O–H groups in total. The molecule has 3 fully saturated rings. The van der Waals surface area contributed by atoms with Gasteiger partial charge < -0.3 is 0 Å². The van der Waals surface area contributed by atoms with Crippen LogP contribution in [0.3, 0.4) is 0 Å². The summed E-state index contributed by atoms with van der Waals surface area (Å²) in [6.07, 6.45) is 9.40. The molecule has 1 heterocycles. The number of halogens is 1. The number of hydrogen-bond acceptors (Lipinski definition) is 2. The largest absolute Gasteiger partial charge is 0.299 e. The van der Waals surface area contributed by atoms with Crippen molar-refractivity contribution in [2.24, 2.45) is 5.41 Å². The van der Waals surface area contributed by atoms with Gasteiger partial charge in [-0.3, -0.25) is 4.90 Å². The van der Waals surface area contributed by atoms with Gasteiger partial charge in [-0.1, -0.05) is 30.7 Å². The van der Waals surface area contributed by atoms with Gasteiger partial charge in [-0.05, 0) is 90.8 Å². The normalized spacial score (nSPS) is 21.3. The fraction of sp³-hybridized carbons (Fsp3) is 0.480. The van der Waals surface area contributed by atoms with Gasteiger partial charge in [0.1, 0.15) is 11.9 Å². The maximum absolute atomic E-state index is 14.3. The third-order valence-corrected chi connectivity index (χ3v) is 7.13. The molecule has 3 heteroatoms. The van der Waals surface area contributed by atoms with E-state index in [0.717, 1.165) is 17.7 Å². The van der Waals surface area contributed by atoms with Gasteiger partial charge in [0.25, 0.3) is 0 Å². The Morgan fingerprint density at radius 1 is 1.11 bits per heavy atom. The van der Waals surface area contributed by atoms with E-state index in [1.807, 2.05) is 12.1 Å². The van der Waals surface area contributed by atoms with Gasteiger partial charge in [0.05, 0.1) is 5.56 Å². The monoisotopic (exact) mass is 374 g/mol. The van der Waals surface area contributed by atoms with E-state index in [-0.39, 0.29) is 5.56 Å². The van der Waals surface area contributed by atoms with E-state index >= 15 is 0 Å². The standard InChI is InChI=1S/C25H27FN2/c26-23-14-19(8-9-20(23)15-27)22-5-1-4-21(24(22)18-6-7-18)16-28-13-3-12-25(17-28)10-2-11-25/h1,4-5,8-9,14,18H,2-3,6-7,10-13,16-17H2. The molecule has 2 aromatic rings. The number of nitrogens with zero attached hydrogens (tertiary/aromatic N) is 2. The summed E-state index contributed by atoms with van der Waals surface area (Å²) in [7, 11) is 0. The minimum Gasteiger partial charge on any atom is -0.299 e. The first kappa shape index (κ1) is 17.9. The predicted molar refractivity (Wildman–Crippen MR) is 109 cm³/mol. The van der Waals surface area contributed by atoms with Crippen LogP contribution in [0.5, 0.6) is 0 Å². The molecule has 28 heavy (non-hydrogen) atoms. The Bertz CT molecular complexity index is 934. The molecule has 1 saturated heterocycles. The molecule has 0 unspecified atom stereocenters. The first-order valence-corrected chi connectivity index (χ1v) is 10.7. The Labute approximate surface area is 167 Å². The average molecular weight is 375 g/mol. The molecular formula is C25H27FN2. The van der Waals surface area contributed by atoms with Crippen LogP contribution in [0.2, 0.25) is 0 Å². The third-order valence-electron chi connectivity index (χ3n) is 7.13. The van der Waals surface area contributed by atoms with Crippen molar-refractivity contribution in [2.45, 2.75) is 57.4 Å². The van der Waals surface area contributed by atoms with Crippen molar-refractivity contribution in [3.05, 3.63) is 58.9 Å². The minimum atomic E-state index is -0.421. The summed E-state index contributed by atoms with van der Waals surface area (Å²) < 4.78 is 14.3. The quantitative estimate of drug-likeness (QED) is 0.655. The van der Waals surface area contributed by atoms with E-state index in [2.05, 4.69) is 23.1 Å². The maximum Gasteiger partial charge on any atom is 0.141 e. The van der Waals surface area contributed by atoms with Crippen LogP contribution < -0.4 is 0 Å². The van der Waals surface area contributed by atoms with Crippen LogP contribution in [0.1, 0.15) is 67.6 Å². The van der Waals surface area contributed by atoms with Crippen LogP contribution in [0, 0.1) is 22.6 Å². The molecule has 0 amide bonds. The highest BCUT2D eigenvalue weighted by Gasteiger charge is 2.40. The molecule has 0 atom stereocenters. The van der Waals surface area contributed by atoms with E-state index in [0.29, 0.717) is 11.3 Å². The lowest BCUT2D eigenvalue weighted by Gasteiger charge is -2.49. The lowest BCUT2D eigenvalue weighted by Crippen LogP contribution is -2.46. The van der Waals surface area contributed by atoms with Crippen LogP contribution in [-0.4, -0.2) is 18.0 Å². The highest BCUT2D eigenvalue weighted by molar-refractivity contribution is 5.71. The van der Waals surface area contributed by atoms with Gasteiger partial charge in [0, 0.05) is 13.1 Å². The molecule has 3 aliphatic rings. The molecule has 2 saturated carbocycles. The topological polar surface area (TPSA) is 27.0 Å². The second-order valence-corrected chi connectivity index (χ2v) is 9.13. The molecule has 2 aliphatic carbocycles. The Morgan fingerprint density at radius 2 is 1.93 bits per heavy atom. The van der Waals surface area contributed by atoms with Gasteiger partial charge >= 0.3 is 0 Å². The molecule has 2 nitrogen and oxygen atoms in total. The lowest BCUT2D eigenvalue weighted by atomic mass is 9.64. The SMILES string of the molecule is N#Cc1ccc(-c2cccc(CN3CCCC4(CCC4)C3)c2C2CC2)cc1F. The van der Waals surface area contributed by atoms with Crippen molar-refractivity contribution in [1.82, 2.24) is 4.90 Å². The summed E-state index contributed by atoms with van der Waals surface area (Å²) in [5, 5.41) is 9.03. The second-order valence-electron chi connectivity index (χ2n) is 9.13. The minimum absolute atomic E-state index is 0.118. The first-order valence-electron chi connectivity index (χ1n) is 10.7. The van der Waals surface area contributed by atoms with Crippen molar-refractivity contribution in [3.8, 4) is 17.2 Å². The second kappa shape index (κ2) is 7.01. The van der Waals surface area contributed by atoms with Crippen LogP contribution in [0.15, 0.2) is 36.4 Å². The molecule has 0 radical (unpaired) electrons. The summed E-state index contributed by atoms with van der Waals surface area (Å²) in [6, 6.07) is 13.5. The Hall–Kier alpha value is -2.18. The van der Waals surface area contributed by atoms with Crippen molar-refractivity contribution in [3.63, 3.8) is 0 Å². The Kier molecular flexibility index (Phi) is 4.48. The highest BCUT2D eigenvalue weighted by atomic mass is 19.1. The molecule has 0 aromatic heterocycles. The Morgan fingerprint density at radius 3 is 2.61 bits per heavy atom. The summed E-state index contributed by atoms with van der Waals surface area (Å²) in [6.45, 7) is 3.45. The molecule has 0 bridgehead atoms. The van der Waals surface area contributed by atoms with Crippen molar-refractivity contribution < 1.29 is 4.39 Å². The van der Waals surface area contributed by atoms with Gasteiger partial charge in [0.2, 0.25) is 0 Å². The van der Waals surface area contributed by atoms with E-state index in [9.17, 15) is 4.39 Å². The molecule has 5 rings (SSSR count). The van der Waals surface area contributed by atoms with E-state index < -0.39 is 5.82 Å². The highest BCUT2D eigenvalue weighted by Crippen LogP contribution is 2.49. The van der Waals surface area contributed by atoms with E-state index in [1.54, 1.807) is 6.07 Å². The van der Waals surface area contributed by atoms with Gasteiger partial charge in [-0.15, -0.1) is 0 Å². The lowest BCUT2D eigenvalue weighted by molar-refractivity contribution is 0.0165. The van der Waals surface area contributed by atoms with Crippen LogP contribution >= 0.6 is 0 Å². The van der Waals surface area contributed by atoms with Crippen molar-refractivity contribution in [1.29, 1.82) is 5.26 Å². The van der Waals surface area contributed by atoms with Gasteiger partial charge in [-0.2, -0.15) is 5.26 Å². The Balaban J connectivity index is 1.47. The molecule has 1 spiro atoms. The first-order chi connectivity index (χ1) is 13.7. The number of nitriles is 1. The molecule has 2 aromatic carbocycles. The fourth-order valence-electron chi connectivity index (χ4n) is 5.40. The number of likely N-dealkylation sites (tertiary alicyclic amines) is 1. The number of rotatable bonds is 4. The smallest absolute Gasteiger partial charge is 0.141 e. The zero-order chi connectivity index (χ0) is 19.1. The summed E-state index contributed by atoms with van der Waals surface area (Å²) in [5.41, 5.74) is 5.60. The molecule has 144 valence electrons.